The summed E-state index contributed by atoms with van der Waals surface area (Å²) in [5.41, 5.74) is 1.19. The molecule has 0 aliphatic carbocycles. The molecule has 5 heteroatoms. The summed E-state index contributed by atoms with van der Waals surface area (Å²) in [6, 6.07) is 15.4. The average molecular weight is 571 g/mol. The maximum Gasteiger partial charge on any atom is 0.121 e. The standard InChI is InChI=1S/C17H17ClO2.2Pr/c1-17(2,3)20-14-11-10-13(19-4)15(16(14)18)12-8-6-5-7-9-12;;/h5-7,10-11H,1-4H3;;/q-2;;. The van der Waals surface area contributed by atoms with Crippen LogP contribution in [0.25, 0.3) is 11.1 Å². The number of benzene rings is 2. The molecule has 0 fully saturated rings. The van der Waals surface area contributed by atoms with E-state index in [1.54, 1.807) is 7.11 Å². The second-order valence-electron chi connectivity index (χ2n) is 5.36. The normalized spacial score (nSPS) is 10.2. The van der Waals surface area contributed by atoms with Crippen LogP contribution < -0.4 is 9.47 Å². The van der Waals surface area contributed by atoms with Crippen molar-refractivity contribution in [3.63, 3.8) is 0 Å². The van der Waals surface area contributed by atoms with E-state index in [1.165, 1.54) is 0 Å². The molecule has 0 aliphatic rings. The number of hydrogen-bond donors (Lipinski definition) is 0. The van der Waals surface area contributed by atoms with Crippen LogP contribution in [0, 0.1) is 94.7 Å². The Morgan fingerprint density at radius 2 is 1.55 bits per heavy atom. The van der Waals surface area contributed by atoms with E-state index in [1.807, 2.05) is 51.1 Å². The average Bonchev–Trinajstić information content (AvgIpc) is 2.40. The summed E-state index contributed by atoms with van der Waals surface area (Å²) >= 11 is 6.49. The number of methoxy groups -OCH3 is 1. The van der Waals surface area contributed by atoms with Gasteiger partial charge in [0, 0.05) is 93.4 Å². The molecule has 0 saturated heterocycles. The maximum absolute atomic E-state index is 6.49. The largest absolute Gasteiger partial charge is 0.515 e. The predicted molar refractivity (Wildman–Crippen MR) is 81.5 cm³/mol. The van der Waals surface area contributed by atoms with Crippen LogP contribution in [-0.4, -0.2) is 12.7 Å². The molecule has 2 aromatic rings. The predicted octanol–water partition coefficient (Wildman–Crippen LogP) is 4.79. The van der Waals surface area contributed by atoms with Gasteiger partial charge in [0.2, 0.25) is 0 Å². The second kappa shape index (κ2) is 10.1. The molecule has 2 aromatic carbocycles. The van der Waals surface area contributed by atoms with Gasteiger partial charge >= 0.3 is 0 Å². The van der Waals surface area contributed by atoms with E-state index >= 15 is 0 Å². The van der Waals surface area contributed by atoms with Gasteiger partial charge in [-0.05, 0) is 32.9 Å². The van der Waals surface area contributed by atoms with Gasteiger partial charge in [0.05, 0.1) is 7.11 Å². The minimum atomic E-state index is -0.320. The van der Waals surface area contributed by atoms with Gasteiger partial charge in [0.25, 0.3) is 0 Å². The Morgan fingerprint density at radius 1 is 1.00 bits per heavy atom. The van der Waals surface area contributed by atoms with Gasteiger partial charge in [-0.1, -0.05) is 0 Å². The van der Waals surface area contributed by atoms with Gasteiger partial charge in [-0.2, -0.15) is 0 Å². The number of ether oxygens (including phenoxy) is 2. The van der Waals surface area contributed by atoms with Crippen LogP contribution in [-0.2, 0) is 0 Å². The molecule has 0 atom stereocenters. The first-order valence-corrected chi connectivity index (χ1v) is 6.74. The number of halogens is 1. The van der Waals surface area contributed by atoms with Gasteiger partial charge in [-0.25, -0.2) is 18.2 Å². The van der Waals surface area contributed by atoms with E-state index in [-0.39, 0.29) is 88.2 Å². The third kappa shape index (κ3) is 6.17. The summed E-state index contributed by atoms with van der Waals surface area (Å²) < 4.78 is 11.3. The Kier molecular flexibility index (Phi) is 10.6. The molecule has 0 N–H and O–H groups in total. The van der Waals surface area contributed by atoms with Crippen molar-refractivity contribution in [2.45, 2.75) is 26.4 Å². The first-order chi connectivity index (χ1) is 9.42. The van der Waals surface area contributed by atoms with Crippen LogP contribution in [0.4, 0.5) is 0 Å². The fourth-order valence-electron chi connectivity index (χ4n) is 1.85. The molecule has 0 saturated carbocycles. The Morgan fingerprint density at radius 3 is 2.05 bits per heavy atom. The van der Waals surface area contributed by atoms with Crippen molar-refractivity contribution in [3.05, 3.63) is 47.5 Å². The van der Waals surface area contributed by atoms with E-state index in [9.17, 15) is 0 Å². The Labute approximate surface area is 204 Å². The first-order valence-electron chi connectivity index (χ1n) is 6.36. The summed E-state index contributed by atoms with van der Waals surface area (Å²) in [6.45, 7) is 5.94. The van der Waals surface area contributed by atoms with Crippen molar-refractivity contribution in [2.75, 3.05) is 7.11 Å². The topological polar surface area (TPSA) is 18.5 Å². The molecule has 2 radical (unpaired) electrons. The molecule has 0 aliphatic heterocycles. The number of hydrogen-bond acceptors (Lipinski definition) is 2. The van der Waals surface area contributed by atoms with Crippen molar-refractivity contribution < 1.29 is 92.1 Å². The fourth-order valence-corrected chi connectivity index (χ4v) is 2.14. The van der Waals surface area contributed by atoms with E-state index in [4.69, 9.17) is 21.1 Å². The summed E-state index contributed by atoms with van der Waals surface area (Å²) in [4.78, 5) is 0. The van der Waals surface area contributed by atoms with Crippen molar-refractivity contribution in [3.8, 4) is 22.6 Å². The monoisotopic (exact) mass is 570 g/mol. The Hall–Kier alpha value is 1.06. The summed E-state index contributed by atoms with van der Waals surface area (Å²) in [6.07, 6.45) is 0. The van der Waals surface area contributed by atoms with E-state index < -0.39 is 0 Å². The molecule has 0 aromatic heterocycles. The molecule has 0 heterocycles. The molecule has 2 nitrogen and oxygen atoms in total. The summed E-state index contributed by atoms with van der Waals surface area (Å²) in [7, 11) is 1.61. The zero-order valence-corrected chi connectivity index (χ0v) is 21.4. The molecule has 0 amide bonds. The van der Waals surface area contributed by atoms with Crippen LogP contribution in [0.1, 0.15) is 20.8 Å². The minimum Gasteiger partial charge on any atom is -0.515 e. The van der Waals surface area contributed by atoms with Crippen LogP contribution in [0.2, 0.25) is 5.02 Å². The van der Waals surface area contributed by atoms with Gasteiger partial charge in [-0.15, -0.1) is 17.2 Å². The summed E-state index contributed by atoms with van der Waals surface area (Å²) in [5, 5.41) is 0.512. The van der Waals surface area contributed by atoms with Crippen molar-refractivity contribution in [1.82, 2.24) is 0 Å². The molecule has 0 spiro atoms. The molecule has 0 bridgehead atoms. The van der Waals surface area contributed by atoms with Crippen molar-refractivity contribution >= 4 is 11.6 Å². The smallest absolute Gasteiger partial charge is 0.121 e. The molecular weight excluding hydrogens is 553 g/mol. The van der Waals surface area contributed by atoms with Crippen LogP contribution >= 0.6 is 11.6 Å². The Bertz CT molecular complexity index is 596. The van der Waals surface area contributed by atoms with Gasteiger partial charge < -0.3 is 9.47 Å². The van der Waals surface area contributed by atoms with Crippen LogP contribution in [0.5, 0.6) is 11.5 Å². The molecule has 22 heavy (non-hydrogen) atoms. The quantitative estimate of drug-likeness (QED) is 0.495. The third-order valence-electron chi connectivity index (χ3n) is 2.60. The first kappa shape index (κ1) is 23.1. The van der Waals surface area contributed by atoms with E-state index in [0.717, 1.165) is 11.1 Å². The van der Waals surface area contributed by atoms with Crippen LogP contribution in [0.3, 0.4) is 0 Å². The van der Waals surface area contributed by atoms with Crippen molar-refractivity contribution in [2.24, 2.45) is 0 Å². The number of rotatable bonds is 3. The van der Waals surface area contributed by atoms with E-state index in [2.05, 4.69) is 12.1 Å². The fraction of sp³-hybridized carbons (Fsp3) is 0.294. The van der Waals surface area contributed by atoms with Gasteiger partial charge in [0.15, 0.2) is 0 Å². The third-order valence-corrected chi connectivity index (χ3v) is 2.98. The zero-order valence-electron chi connectivity index (χ0n) is 13.2. The second-order valence-corrected chi connectivity index (χ2v) is 5.74. The van der Waals surface area contributed by atoms with Gasteiger partial charge in [-0.3, -0.25) is 17.7 Å². The SMILES string of the molecule is COc1ccc(OC(C)(C)C)c(Cl)c1-c1[c-]ccc[c-]1.[Pr].[Pr]. The molecule has 112 valence electrons. The maximum atomic E-state index is 6.49. The minimum absolute atomic E-state index is 0. The summed E-state index contributed by atoms with van der Waals surface area (Å²) in [5.74, 6) is 1.30. The van der Waals surface area contributed by atoms with Crippen molar-refractivity contribution in [1.29, 1.82) is 0 Å². The van der Waals surface area contributed by atoms with E-state index in [0.29, 0.717) is 16.5 Å². The Balaban J connectivity index is 0.00000220. The van der Waals surface area contributed by atoms with Crippen LogP contribution in [0.15, 0.2) is 30.3 Å². The molecule has 0 unspecified atom stereocenters. The molecular formula is C17H17ClO2Pr2-2. The zero-order chi connectivity index (χ0) is 14.8. The van der Waals surface area contributed by atoms with Gasteiger partial charge in [0.1, 0.15) is 11.4 Å². The molecule has 2 rings (SSSR count).